The standard InChI is InChI=1S/CH4N2S2.K.H/c2-3-5-1-4;;/h1,3H,2H2;;. The van der Waals surface area contributed by atoms with Crippen LogP contribution in [-0.2, 0) is 0 Å². The van der Waals surface area contributed by atoms with Crippen LogP contribution < -0.4 is 10.7 Å². The molecule has 0 spiro atoms. The second-order valence-electron chi connectivity index (χ2n) is 0.332. The summed E-state index contributed by atoms with van der Waals surface area (Å²) >= 11 is 5.53. The predicted octanol–water partition coefficient (Wildman–Crippen LogP) is -0.593. The molecule has 0 aliphatic heterocycles. The molecule has 0 rings (SSSR count). The number of hydrogen-bond acceptors (Lipinski definition) is 4. The minimum absolute atomic E-state index is 0. The van der Waals surface area contributed by atoms with E-state index < -0.39 is 0 Å². The number of thiocarbonyl (C=S) groups is 1. The zero-order valence-corrected chi connectivity index (χ0v) is 4.10. The minimum atomic E-state index is 0. The molecule has 0 aromatic rings. The molecule has 32 valence electrons. The molecule has 0 aromatic heterocycles. The fourth-order valence-corrected chi connectivity index (χ4v) is 0.250. The second kappa shape index (κ2) is 10.1. The monoisotopic (exact) mass is 148 g/mol. The summed E-state index contributed by atoms with van der Waals surface area (Å²) in [6.07, 6.45) is 0. The van der Waals surface area contributed by atoms with E-state index in [9.17, 15) is 0 Å². The average molecular weight is 148 g/mol. The van der Waals surface area contributed by atoms with Gasteiger partial charge < -0.3 is 0 Å². The van der Waals surface area contributed by atoms with Gasteiger partial charge in [-0.15, -0.1) is 0 Å². The second-order valence-corrected chi connectivity index (χ2v) is 1.57. The van der Waals surface area contributed by atoms with Crippen molar-refractivity contribution < 1.29 is 0 Å². The molecule has 6 heavy (non-hydrogen) atoms. The van der Waals surface area contributed by atoms with Gasteiger partial charge in [-0.1, -0.05) is 12.2 Å². The van der Waals surface area contributed by atoms with Gasteiger partial charge >= 0.3 is 51.4 Å². The van der Waals surface area contributed by atoms with Gasteiger partial charge in [-0.2, -0.15) is 4.83 Å². The molecule has 0 amide bonds. The van der Waals surface area contributed by atoms with Crippen molar-refractivity contribution in [2.45, 2.75) is 0 Å². The molecule has 0 unspecified atom stereocenters. The van der Waals surface area contributed by atoms with Gasteiger partial charge in [0.15, 0.2) is 0 Å². The molecule has 0 heterocycles. The molecule has 0 aliphatic carbocycles. The van der Waals surface area contributed by atoms with E-state index in [0.717, 1.165) is 0 Å². The van der Waals surface area contributed by atoms with E-state index in [2.05, 4.69) is 17.0 Å². The summed E-state index contributed by atoms with van der Waals surface area (Å²) in [5, 5.41) is 0. The van der Waals surface area contributed by atoms with Crippen LogP contribution in [0.15, 0.2) is 0 Å². The quantitative estimate of drug-likeness (QED) is 0.180. The third kappa shape index (κ3) is 9.37. The number of rotatable bonds is 2. The van der Waals surface area contributed by atoms with Crippen molar-refractivity contribution in [2.75, 3.05) is 0 Å². The Hall–Kier alpha value is 2.00. The predicted molar refractivity (Wildman–Crippen MR) is 35.7 cm³/mol. The summed E-state index contributed by atoms with van der Waals surface area (Å²) < 4.78 is 1.44. The van der Waals surface area contributed by atoms with Crippen LogP contribution in [0.1, 0.15) is 0 Å². The zero-order chi connectivity index (χ0) is 4.12. The van der Waals surface area contributed by atoms with Gasteiger partial charge in [-0.05, 0) is 11.9 Å². The SMILES string of the molecule is NNSC=S.[KH]. The van der Waals surface area contributed by atoms with Gasteiger partial charge in [-0.25, -0.2) is 0 Å². The van der Waals surface area contributed by atoms with E-state index in [1.165, 1.54) is 16.6 Å². The molecule has 3 N–H and O–H groups in total. The average Bonchev–Trinajstić information content (AvgIpc) is 1.41. The Morgan fingerprint density at radius 2 is 2.33 bits per heavy atom. The molecule has 0 saturated heterocycles. The summed E-state index contributed by atoms with van der Waals surface area (Å²) in [5.74, 6) is 4.75. The number of nitrogens with two attached hydrogens (primary N) is 1. The fourth-order valence-electron chi connectivity index (χ4n) is 0.0278. The first-order valence-electron chi connectivity index (χ1n) is 0.964. The van der Waals surface area contributed by atoms with Crippen molar-refractivity contribution in [2.24, 2.45) is 5.84 Å². The van der Waals surface area contributed by atoms with E-state index in [1.54, 1.807) is 0 Å². The number of hydrazine groups is 1. The summed E-state index contributed by atoms with van der Waals surface area (Å²) in [6, 6.07) is 0. The van der Waals surface area contributed by atoms with Crippen LogP contribution in [0.2, 0.25) is 0 Å². The molecule has 2 nitrogen and oxygen atoms in total. The third-order valence-electron chi connectivity index (χ3n) is 0.116. The molecule has 0 fully saturated rings. The Balaban J connectivity index is 0. The summed E-state index contributed by atoms with van der Waals surface area (Å²) in [7, 11) is 0. The molecule has 0 aliphatic rings. The first-order valence-corrected chi connectivity index (χ1v) is 2.32. The van der Waals surface area contributed by atoms with Crippen molar-refractivity contribution in [1.82, 2.24) is 4.83 Å². The van der Waals surface area contributed by atoms with Crippen LogP contribution in [0.5, 0.6) is 0 Å². The van der Waals surface area contributed by atoms with Crippen molar-refractivity contribution in [1.29, 1.82) is 0 Å². The molecule has 0 bridgehead atoms. The van der Waals surface area contributed by atoms with Crippen molar-refractivity contribution in [3.63, 3.8) is 0 Å². The van der Waals surface area contributed by atoms with Gasteiger partial charge in [0.05, 0.1) is 4.70 Å². The molecule has 0 atom stereocenters. The van der Waals surface area contributed by atoms with E-state index in [1.807, 2.05) is 0 Å². The molecule has 5 heteroatoms. The van der Waals surface area contributed by atoms with Gasteiger partial charge in [0.25, 0.3) is 0 Å². The number of nitrogens with one attached hydrogen (secondary N) is 1. The van der Waals surface area contributed by atoms with Crippen LogP contribution in [0, 0.1) is 0 Å². The first-order chi connectivity index (χ1) is 2.41. The van der Waals surface area contributed by atoms with Crippen LogP contribution in [0.3, 0.4) is 0 Å². The van der Waals surface area contributed by atoms with Gasteiger partial charge in [0.1, 0.15) is 0 Å². The first kappa shape index (κ1) is 10.9. The van der Waals surface area contributed by atoms with Crippen LogP contribution in [-0.4, -0.2) is 56.1 Å². The Kier molecular flexibility index (Phi) is 18.3. The van der Waals surface area contributed by atoms with E-state index in [-0.39, 0.29) is 51.4 Å². The number of hydrogen-bond donors (Lipinski definition) is 2. The Morgan fingerprint density at radius 3 is 2.33 bits per heavy atom. The maximum absolute atomic E-state index is 4.75. The maximum atomic E-state index is 4.75. The fraction of sp³-hybridized carbons (Fsp3) is 0. The van der Waals surface area contributed by atoms with Gasteiger partial charge in [-0.3, -0.25) is 5.84 Å². The Morgan fingerprint density at radius 1 is 1.83 bits per heavy atom. The van der Waals surface area contributed by atoms with Gasteiger partial charge in [0, 0.05) is 0 Å². The van der Waals surface area contributed by atoms with E-state index >= 15 is 0 Å². The topological polar surface area (TPSA) is 38.0 Å². The Bertz CT molecular complexity index is 32.7. The van der Waals surface area contributed by atoms with Crippen LogP contribution >= 0.6 is 24.2 Å². The Labute approximate surface area is 89.1 Å². The molecule has 0 aromatic carbocycles. The molecular formula is CH5KN2S2. The normalized spacial score (nSPS) is 6.17. The molecule has 0 radical (unpaired) electrons. The van der Waals surface area contributed by atoms with E-state index in [4.69, 9.17) is 5.84 Å². The van der Waals surface area contributed by atoms with Crippen LogP contribution in [0.4, 0.5) is 0 Å². The third-order valence-corrected chi connectivity index (χ3v) is 0.637. The van der Waals surface area contributed by atoms with Crippen molar-refractivity contribution in [3.8, 4) is 0 Å². The molecule has 0 saturated carbocycles. The van der Waals surface area contributed by atoms with Crippen molar-refractivity contribution >= 4 is 80.2 Å². The van der Waals surface area contributed by atoms with Gasteiger partial charge in [0.2, 0.25) is 0 Å². The zero-order valence-electron chi connectivity index (χ0n) is 2.47. The van der Waals surface area contributed by atoms with Crippen LogP contribution in [0.25, 0.3) is 0 Å². The van der Waals surface area contributed by atoms with Crippen molar-refractivity contribution in [3.05, 3.63) is 0 Å². The van der Waals surface area contributed by atoms with E-state index in [0.29, 0.717) is 0 Å². The summed E-state index contributed by atoms with van der Waals surface area (Å²) in [6.45, 7) is 0. The molecular weight excluding hydrogens is 143 g/mol. The summed E-state index contributed by atoms with van der Waals surface area (Å²) in [5.41, 5.74) is 0. The summed E-state index contributed by atoms with van der Waals surface area (Å²) in [4.78, 5) is 2.27.